The molecule has 0 spiro atoms. The van der Waals surface area contributed by atoms with E-state index in [1.807, 2.05) is 60.7 Å². The average molecular weight is 747 g/mol. The molecule has 0 atom stereocenters. The highest BCUT2D eigenvalue weighted by atomic mass is 16.3. The molecule has 5 nitrogen and oxygen atoms in total. The highest BCUT2D eigenvalue weighted by molar-refractivity contribution is 6.12. The van der Waals surface area contributed by atoms with Crippen LogP contribution in [0.1, 0.15) is 27.8 Å². The van der Waals surface area contributed by atoms with Crippen LogP contribution in [-0.2, 0) is 13.0 Å². The summed E-state index contributed by atoms with van der Waals surface area (Å²) >= 11 is 0. The maximum Gasteiger partial charge on any atom is 0.161 e. The maximum atomic E-state index is 6.52. The van der Waals surface area contributed by atoms with Crippen molar-refractivity contribution in [2.45, 2.75) is 13.0 Å². The third kappa shape index (κ3) is 6.69. The van der Waals surface area contributed by atoms with Gasteiger partial charge < -0.3 is 9.32 Å². The van der Waals surface area contributed by atoms with Gasteiger partial charge in [0.1, 0.15) is 11.2 Å². The molecular formula is C53H38N4O. The number of hydrogen-bond donors (Lipinski definition) is 0. The Morgan fingerprint density at radius 3 is 1.83 bits per heavy atom. The molecule has 1 aliphatic carbocycles. The van der Waals surface area contributed by atoms with Crippen molar-refractivity contribution in [2.75, 3.05) is 4.90 Å². The SMILES string of the molecule is C=N/C(=N\C(=N/Cc1ccc2c(c1)oc1cc(-c3ccc(N(c4ccccc4)c4ccc5c(c4)Cc4ccccc4-5)cc3)ccc12)c1ccccc1)c1ccccc1. The lowest BCUT2D eigenvalue weighted by molar-refractivity contribution is 0.668. The molecule has 1 aliphatic rings. The molecule has 1 aromatic heterocycles. The second kappa shape index (κ2) is 15.1. The molecule has 0 aliphatic heterocycles. The first-order chi connectivity index (χ1) is 28.7. The largest absolute Gasteiger partial charge is 0.456 e. The van der Waals surface area contributed by atoms with Crippen LogP contribution < -0.4 is 4.90 Å². The molecule has 0 radical (unpaired) electrons. The summed E-state index contributed by atoms with van der Waals surface area (Å²) < 4.78 is 6.52. The fourth-order valence-electron chi connectivity index (χ4n) is 8.02. The number of nitrogens with zero attached hydrogens (tertiary/aromatic N) is 4. The number of rotatable bonds is 8. The lowest BCUT2D eigenvalue weighted by Crippen LogP contribution is -2.10. The van der Waals surface area contributed by atoms with Crippen LogP contribution in [0.15, 0.2) is 214 Å². The molecule has 9 aromatic rings. The lowest BCUT2D eigenvalue weighted by atomic mass is 10.0. The van der Waals surface area contributed by atoms with E-state index in [0.717, 1.165) is 73.2 Å². The molecule has 10 rings (SSSR count). The Hall–Kier alpha value is -7.63. The number of para-hydroxylation sites is 1. The van der Waals surface area contributed by atoms with Crippen LogP contribution >= 0.6 is 0 Å². The lowest BCUT2D eigenvalue weighted by Gasteiger charge is -2.26. The third-order valence-corrected chi connectivity index (χ3v) is 10.9. The molecule has 0 bridgehead atoms. The van der Waals surface area contributed by atoms with Gasteiger partial charge in [0.25, 0.3) is 0 Å². The van der Waals surface area contributed by atoms with Gasteiger partial charge in [0.15, 0.2) is 11.7 Å². The molecule has 0 saturated heterocycles. The summed E-state index contributed by atoms with van der Waals surface area (Å²) in [6.07, 6.45) is 0.953. The van der Waals surface area contributed by atoms with E-state index in [-0.39, 0.29) is 0 Å². The summed E-state index contributed by atoms with van der Waals surface area (Å²) in [5.74, 6) is 1.12. The monoisotopic (exact) mass is 746 g/mol. The van der Waals surface area contributed by atoms with Gasteiger partial charge in [-0.15, -0.1) is 0 Å². The van der Waals surface area contributed by atoms with Crippen molar-refractivity contribution in [3.05, 3.63) is 222 Å². The standard InChI is InChI=1S/C53H38N4O/c1-54-52(38-13-5-2-6-14-38)56-53(39-15-7-3-8-16-39)55-35-36-21-28-48-49-29-24-40(34-51(49)58-50(48)31-36)37-22-25-44(26-23-37)57(43-18-9-4-10-19-43)45-27-30-47-42(33-45)32-41-17-11-12-20-46(41)47/h2-31,33-34H,1,32,35H2/b55-53-,56-52-. The van der Waals surface area contributed by atoms with E-state index in [2.05, 4.69) is 150 Å². The van der Waals surface area contributed by atoms with Crippen molar-refractivity contribution in [2.24, 2.45) is 15.0 Å². The zero-order valence-electron chi connectivity index (χ0n) is 31.8. The van der Waals surface area contributed by atoms with Crippen molar-refractivity contribution >= 4 is 57.4 Å². The highest BCUT2D eigenvalue weighted by Crippen LogP contribution is 2.42. The second-order valence-electron chi connectivity index (χ2n) is 14.5. The topological polar surface area (TPSA) is 53.5 Å². The van der Waals surface area contributed by atoms with Gasteiger partial charge in [-0.1, -0.05) is 140 Å². The Morgan fingerprint density at radius 1 is 0.500 bits per heavy atom. The molecule has 276 valence electrons. The van der Waals surface area contributed by atoms with Crippen LogP contribution in [0.2, 0.25) is 0 Å². The quantitative estimate of drug-likeness (QED) is 0.115. The number of benzene rings is 8. The van der Waals surface area contributed by atoms with Crippen molar-refractivity contribution in [1.82, 2.24) is 0 Å². The van der Waals surface area contributed by atoms with Crippen LogP contribution in [0.4, 0.5) is 17.1 Å². The van der Waals surface area contributed by atoms with E-state index in [9.17, 15) is 0 Å². The first-order valence-corrected chi connectivity index (χ1v) is 19.5. The fraction of sp³-hybridized carbons (Fsp3) is 0.0377. The smallest absolute Gasteiger partial charge is 0.161 e. The Morgan fingerprint density at radius 2 is 1.09 bits per heavy atom. The van der Waals surface area contributed by atoms with Crippen LogP contribution in [-0.4, -0.2) is 18.4 Å². The molecule has 0 amide bonds. The molecule has 5 heteroatoms. The number of aliphatic imine (C=N–C) groups is 3. The van der Waals surface area contributed by atoms with Gasteiger partial charge in [0.05, 0.1) is 6.54 Å². The molecule has 0 unspecified atom stereocenters. The summed E-state index contributed by atoms with van der Waals surface area (Å²) in [5.41, 5.74) is 15.5. The molecule has 0 fully saturated rings. The molecule has 0 saturated carbocycles. The minimum atomic E-state index is 0.427. The predicted octanol–water partition coefficient (Wildman–Crippen LogP) is 13.4. The first-order valence-electron chi connectivity index (χ1n) is 19.5. The van der Waals surface area contributed by atoms with Crippen molar-refractivity contribution in [1.29, 1.82) is 0 Å². The predicted molar refractivity (Wildman–Crippen MR) is 241 cm³/mol. The molecule has 1 heterocycles. The summed E-state index contributed by atoms with van der Waals surface area (Å²) in [7, 11) is 0. The van der Waals surface area contributed by atoms with Gasteiger partial charge in [0, 0.05) is 39.0 Å². The van der Waals surface area contributed by atoms with Crippen molar-refractivity contribution in [3.8, 4) is 22.3 Å². The van der Waals surface area contributed by atoms with Crippen molar-refractivity contribution < 1.29 is 4.42 Å². The van der Waals surface area contributed by atoms with Crippen LogP contribution in [0.3, 0.4) is 0 Å². The maximum absolute atomic E-state index is 6.52. The van der Waals surface area contributed by atoms with E-state index in [4.69, 9.17) is 14.4 Å². The Kier molecular flexibility index (Phi) is 9.09. The van der Waals surface area contributed by atoms with Crippen molar-refractivity contribution in [3.63, 3.8) is 0 Å². The molecular weight excluding hydrogens is 709 g/mol. The van der Waals surface area contributed by atoms with Gasteiger partial charge in [-0.25, -0.2) is 9.98 Å². The van der Waals surface area contributed by atoms with E-state index in [1.54, 1.807) is 0 Å². The molecule has 8 aromatic carbocycles. The second-order valence-corrected chi connectivity index (χ2v) is 14.5. The number of fused-ring (bicyclic) bond motifs is 6. The van der Waals surface area contributed by atoms with E-state index < -0.39 is 0 Å². The minimum absolute atomic E-state index is 0.427. The number of amidine groups is 2. The van der Waals surface area contributed by atoms with Gasteiger partial charge in [-0.05, 0) is 107 Å². The van der Waals surface area contributed by atoms with Gasteiger partial charge >= 0.3 is 0 Å². The van der Waals surface area contributed by atoms with E-state index in [1.165, 1.54) is 22.3 Å². The Labute approximate surface area is 337 Å². The van der Waals surface area contributed by atoms with E-state index in [0.29, 0.717) is 18.2 Å². The fourth-order valence-corrected chi connectivity index (χ4v) is 8.02. The highest BCUT2D eigenvalue weighted by Gasteiger charge is 2.21. The number of anilines is 3. The summed E-state index contributed by atoms with van der Waals surface area (Å²) in [4.78, 5) is 16.4. The molecule has 58 heavy (non-hydrogen) atoms. The zero-order chi connectivity index (χ0) is 38.8. The van der Waals surface area contributed by atoms with Gasteiger partial charge in [-0.3, -0.25) is 4.99 Å². The van der Waals surface area contributed by atoms with Crippen LogP contribution in [0.25, 0.3) is 44.2 Å². The summed E-state index contributed by atoms with van der Waals surface area (Å²) in [5, 5.41) is 2.16. The Bertz CT molecular complexity index is 3000. The number of furan rings is 1. The third-order valence-electron chi connectivity index (χ3n) is 10.9. The number of hydrogen-bond acceptors (Lipinski definition) is 3. The normalized spacial score (nSPS) is 12.4. The Balaban J connectivity index is 0.935. The molecule has 0 N–H and O–H groups in total. The first kappa shape index (κ1) is 34.8. The van der Waals surface area contributed by atoms with Crippen LogP contribution in [0.5, 0.6) is 0 Å². The van der Waals surface area contributed by atoms with E-state index >= 15 is 0 Å². The summed E-state index contributed by atoms with van der Waals surface area (Å²) in [6.45, 7) is 4.21. The summed E-state index contributed by atoms with van der Waals surface area (Å²) in [6, 6.07) is 67.6. The zero-order valence-corrected chi connectivity index (χ0v) is 31.8. The average Bonchev–Trinajstić information content (AvgIpc) is 3.85. The van der Waals surface area contributed by atoms with Gasteiger partial charge in [0.2, 0.25) is 0 Å². The van der Waals surface area contributed by atoms with Crippen LogP contribution in [0, 0.1) is 0 Å². The minimum Gasteiger partial charge on any atom is -0.456 e. The van der Waals surface area contributed by atoms with Gasteiger partial charge in [-0.2, -0.15) is 0 Å².